The molecule has 1 N–H and O–H groups in total. The predicted octanol–water partition coefficient (Wildman–Crippen LogP) is 2.34. The number of nitrogens with one attached hydrogen (secondary N) is 1. The Morgan fingerprint density at radius 2 is 2.21 bits per heavy atom. The maximum atomic E-state index is 4.61. The van der Waals surface area contributed by atoms with Crippen molar-refractivity contribution < 1.29 is 0 Å². The number of rotatable bonds is 2. The highest BCUT2D eigenvalue weighted by molar-refractivity contribution is 5.82. The minimum absolute atomic E-state index is 0.586. The number of para-hydroxylation sites is 1. The van der Waals surface area contributed by atoms with Gasteiger partial charge in [0.25, 0.3) is 0 Å². The van der Waals surface area contributed by atoms with Crippen molar-refractivity contribution in [3.05, 3.63) is 41.6 Å². The van der Waals surface area contributed by atoms with Crippen LogP contribution in [0, 0.1) is 6.92 Å². The van der Waals surface area contributed by atoms with Gasteiger partial charge in [-0.2, -0.15) is 0 Å². The molecular weight excluding hydrogens is 234 g/mol. The summed E-state index contributed by atoms with van der Waals surface area (Å²) in [5, 5.41) is 4.78. The first-order valence-corrected chi connectivity index (χ1v) is 7.03. The molecule has 3 nitrogen and oxygen atoms in total. The molecule has 0 aliphatic carbocycles. The topological polar surface area (TPSA) is 28.2 Å². The molecular formula is C16H21N3. The lowest BCUT2D eigenvalue weighted by atomic mass is 10.1. The van der Waals surface area contributed by atoms with Gasteiger partial charge >= 0.3 is 0 Å². The van der Waals surface area contributed by atoms with Crippen molar-refractivity contribution in [3.8, 4) is 0 Å². The Balaban J connectivity index is 1.91. The van der Waals surface area contributed by atoms with Gasteiger partial charge in [-0.25, -0.2) is 0 Å². The predicted molar refractivity (Wildman–Crippen MR) is 79.2 cm³/mol. The van der Waals surface area contributed by atoms with Gasteiger partial charge in [-0.15, -0.1) is 0 Å². The third-order valence-electron chi connectivity index (χ3n) is 3.78. The van der Waals surface area contributed by atoms with Gasteiger partial charge in [0.1, 0.15) is 0 Å². The highest BCUT2D eigenvalue weighted by Crippen LogP contribution is 2.20. The van der Waals surface area contributed by atoms with Crippen molar-refractivity contribution >= 4 is 10.9 Å². The molecule has 1 saturated heterocycles. The van der Waals surface area contributed by atoms with Crippen LogP contribution in [0.25, 0.3) is 10.9 Å². The van der Waals surface area contributed by atoms with Gasteiger partial charge in [-0.3, -0.25) is 9.88 Å². The van der Waals surface area contributed by atoms with E-state index in [2.05, 4.69) is 59.4 Å². The number of nitrogens with zero attached hydrogens (tertiary/aromatic N) is 2. The Bertz CT molecular complexity index is 579. The first-order chi connectivity index (χ1) is 9.22. The van der Waals surface area contributed by atoms with Crippen LogP contribution in [-0.2, 0) is 6.54 Å². The smallest absolute Gasteiger partial charge is 0.0708 e. The van der Waals surface area contributed by atoms with Crippen LogP contribution in [0.4, 0.5) is 0 Å². The molecule has 0 radical (unpaired) electrons. The molecule has 1 fully saturated rings. The summed E-state index contributed by atoms with van der Waals surface area (Å²) >= 11 is 0. The summed E-state index contributed by atoms with van der Waals surface area (Å²) in [5.74, 6) is 0. The van der Waals surface area contributed by atoms with Gasteiger partial charge in [-0.05, 0) is 31.5 Å². The molecule has 3 rings (SSSR count). The molecule has 100 valence electrons. The molecule has 1 aliphatic heterocycles. The second-order valence-electron chi connectivity index (χ2n) is 5.53. The number of pyridine rings is 1. The highest BCUT2D eigenvalue weighted by atomic mass is 15.2. The van der Waals surface area contributed by atoms with Crippen LogP contribution < -0.4 is 5.32 Å². The molecule has 3 heteroatoms. The molecule has 0 amide bonds. The number of aryl methyl sites for hydroxylation is 1. The van der Waals surface area contributed by atoms with Gasteiger partial charge in [-0.1, -0.05) is 18.2 Å². The number of hydrogen-bond donors (Lipinski definition) is 1. The fourth-order valence-corrected chi connectivity index (χ4v) is 2.92. The van der Waals surface area contributed by atoms with Crippen molar-refractivity contribution in [1.29, 1.82) is 0 Å². The number of piperazine rings is 1. The van der Waals surface area contributed by atoms with Crippen molar-refractivity contribution in [3.63, 3.8) is 0 Å². The maximum absolute atomic E-state index is 4.61. The van der Waals surface area contributed by atoms with E-state index in [1.165, 1.54) is 10.9 Å². The lowest BCUT2D eigenvalue weighted by Gasteiger charge is -2.32. The van der Waals surface area contributed by atoms with Crippen LogP contribution in [0.5, 0.6) is 0 Å². The zero-order chi connectivity index (χ0) is 13.2. The summed E-state index contributed by atoms with van der Waals surface area (Å²) in [6.07, 6.45) is 0. The van der Waals surface area contributed by atoms with Gasteiger partial charge in [0.2, 0.25) is 0 Å². The van der Waals surface area contributed by atoms with Crippen LogP contribution in [-0.4, -0.2) is 35.6 Å². The largest absolute Gasteiger partial charge is 0.312 e. The second-order valence-corrected chi connectivity index (χ2v) is 5.53. The van der Waals surface area contributed by atoms with E-state index in [-0.39, 0.29) is 0 Å². The van der Waals surface area contributed by atoms with E-state index in [9.17, 15) is 0 Å². The first-order valence-electron chi connectivity index (χ1n) is 7.03. The van der Waals surface area contributed by atoms with Crippen molar-refractivity contribution in [2.75, 3.05) is 19.6 Å². The van der Waals surface area contributed by atoms with Crippen LogP contribution >= 0.6 is 0 Å². The van der Waals surface area contributed by atoms with Gasteiger partial charge < -0.3 is 5.32 Å². The SMILES string of the molecule is Cc1cc(CN2CCN[C@H](C)C2)c2ccccc2n1. The lowest BCUT2D eigenvalue weighted by Crippen LogP contribution is -2.48. The monoisotopic (exact) mass is 255 g/mol. The fraction of sp³-hybridized carbons (Fsp3) is 0.438. The number of hydrogen-bond acceptors (Lipinski definition) is 3. The molecule has 1 aromatic carbocycles. The van der Waals surface area contributed by atoms with Crippen molar-refractivity contribution in [1.82, 2.24) is 15.2 Å². The summed E-state index contributed by atoms with van der Waals surface area (Å²) in [4.78, 5) is 7.14. The van der Waals surface area contributed by atoms with Gasteiger partial charge in [0.05, 0.1) is 5.52 Å². The molecule has 1 aromatic heterocycles. The molecule has 1 aliphatic rings. The molecule has 0 unspecified atom stereocenters. The second kappa shape index (κ2) is 5.27. The van der Waals surface area contributed by atoms with Crippen LogP contribution in [0.3, 0.4) is 0 Å². The average molecular weight is 255 g/mol. The number of aromatic nitrogens is 1. The summed E-state index contributed by atoms with van der Waals surface area (Å²) in [6, 6.07) is 11.3. The average Bonchev–Trinajstić information content (AvgIpc) is 2.38. The molecule has 19 heavy (non-hydrogen) atoms. The Morgan fingerprint density at radius 3 is 3.05 bits per heavy atom. The molecule has 0 spiro atoms. The number of benzene rings is 1. The van der Waals surface area contributed by atoms with E-state index in [4.69, 9.17) is 0 Å². The Labute approximate surface area is 114 Å². The third-order valence-corrected chi connectivity index (χ3v) is 3.78. The summed E-state index contributed by atoms with van der Waals surface area (Å²) in [5.41, 5.74) is 3.62. The Kier molecular flexibility index (Phi) is 3.49. The highest BCUT2D eigenvalue weighted by Gasteiger charge is 2.16. The van der Waals surface area contributed by atoms with Crippen molar-refractivity contribution in [2.45, 2.75) is 26.4 Å². The van der Waals surface area contributed by atoms with Crippen molar-refractivity contribution in [2.24, 2.45) is 0 Å². The quantitative estimate of drug-likeness (QED) is 0.892. The minimum atomic E-state index is 0.586. The zero-order valence-corrected chi connectivity index (χ0v) is 11.7. The summed E-state index contributed by atoms with van der Waals surface area (Å²) in [6.45, 7) is 8.69. The van der Waals surface area contributed by atoms with E-state index in [1.807, 2.05) is 0 Å². The van der Waals surface area contributed by atoms with E-state index in [0.29, 0.717) is 6.04 Å². The van der Waals surface area contributed by atoms with Gasteiger partial charge in [0.15, 0.2) is 0 Å². The molecule has 1 atom stereocenters. The van der Waals surface area contributed by atoms with Crippen LogP contribution in [0.15, 0.2) is 30.3 Å². The van der Waals surface area contributed by atoms with E-state index < -0.39 is 0 Å². The lowest BCUT2D eigenvalue weighted by molar-refractivity contribution is 0.200. The molecule has 2 aromatic rings. The summed E-state index contributed by atoms with van der Waals surface area (Å²) in [7, 11) is 0. The van der Waals surface area contributed by atoms with E-state index >= 15 is 0 Å². The zero-order valence-electron chi connectivity index (χ0n) is 11.7. The standard InChI is InChI=1S/C16H21N3/c1-12-9-14(11-19-8-7-17-13(2)10-19)15-5-3-4-6-16(15)18-12/h3-6,9,13,17H,7-8,10-11H2,1-2H3/t13-/m1/s1. The molecule has 0 bridgehead atoms. The van der Waals surface area contributed by atoms with E-state index in [0.717, 1.165) is 37.4 Å². The van der Waals surface area contributed by atoms with Gasteiger partial charge in [0, 0.05) is 43.3 Å². The first kappa shape index (κ1) is 12.6. The number of fused-ring (bicyclic) bond motifs is 1. The molecule has 0 saturated carbocycles. The minimum Gasteiger partial charge on any atom is -0.312 e. The van der Waals surface area contributed by atoms with Crippen LogP contribution in [0.1, 0.15) is 18.2 Å². The Hall–Kier alpha value is -1.45. The van der Waals surface area contributed by atoms with E-state index in [1.54, 1.807) is 0 Å². The Morgan fingerprint density at radius 1 is 1.37 bits per heavy atom. The normalized spacial score (nSPS) is 20.8. The maximum Gasteiger partial charge on any atom is 0.0708 e. The van der Waals surface area contributed by atoms with Crippen LogP contribution in [0.2, 0.25) is 0 Å². The third kappa shape index (κ3) is 2.77. The fourth-order valence-electron chi connectivity index (χ4n) is 2.92. The summed E-state index contributed by atoms with van der Waals surface area (Å²) < 4.78 is 0. The molecule has 2 heterocycles.